The molecule has 3 nitrogen and oxygen atoms in total. The molecule has 0 aliphatic carbocycles. The SMILES string of the molecule is CCCCCCCC(Cc1nc(C)cs1)NN. The summed E-state index contributed by atoms with van der Waals surface area (Å²) in [4.78, 5) is 4.48. The molecule has 1 atom stereocenters. The van der Waals surface area contributed by atoms with Gasteiger partial charge in [-0.3, -0.25) is 11.3 Å². The Morgan fingerprint density at radius 2 is 2.12 bits per heavy atom. The van der Waals surface area contributed by atoms with Crippen molar-refractivity contribution >= 4 is 11.3 Å². The van der Waals surface area contributed by atoms with Crippen molar-refractivity contribution in [2.75, 3.05) is 0 Å². The zero-order chi connectivity index (χ0) is 12.5. The molecule has 1 unspecified atom stereocenters. The van der Waals surface area contributed by atoms with Gasteiger partial charge >= 0.3 is 0 Å². The number of nitrogens with two attached hydrogens (primary N) is 1. The Kier molecular flexibility index (Phi) is 7.40. The van der Waals surface area contributed by atoms with Gasteiger partial charge in [0.2, 0.25) is 0 Å². The second-order valence-corrected chi connectivity index (χ2v) is 5.60. The third-order valence-electron chi connectivity index (χ3n) is 2.98. The molecule has 98 valence electrons. The van der Waals surface area contributed by atoms with E-state index in [-0.39, 0.29) is 0 Å². The molecule has 0 aromatic carbocycles. The van der Waals surface area contributed by atoms with Crippen LogP contribution in [0.5, 0.6) is 0 Å². The summed E-state index contributed by atoms with van der Waals surface area (Å²) in [6, 6.07) is 0.377. The van der Waals surface area contributed by atoms with E-state index in [9.17, 15) is 0 Å². The van der Waals surface area contributed by atoms with Crippen molar-refractivity contribution in [1.82, 2.24) is 10.4 Å². The van der Waals surface area contributed by atoms with Crippen LogP contribution in [-0.4, -0.2) is 11.0 Å². The van der Waals surface area contributed by atoms with E-state index in [0.717, 1.165) is 18.5 Å². The molecular formula is C13H25N3S. The molecule has 0 radical (unpaired) electrons. The van der Waals surface area contributed by atoms with Gasteiger partial charge in [0.15, 0.2) is 0 Å². The van der Waals surface area contributed by atoms with Crippen molar-refractivity contribution in [2.24, 2.45) is 5.84 Å². The molecule has 0 saturated carbocycles. The molecule has 0 aliphatic heterocycles. The molecular weight excluding hydrogens is 230 g/mol. The van der Waals surface area contributed by atoms with E-state index < -0.39 is 0 Å². The van der Waals surface area contributed by atoms with Crippen LogP contribution in [0.4, 0.5) is 0 Å². The van der Waals surface area contributed by atoms with Crippen LogP contribution in [0, 0.1) is 6.92 Å². The van der Waals surface area contributed by atoms with Crippen LogP contribution in [0.3, 0.4) is 0 Å². The Hall–Kier alpha value is -0.450. The number of hydrogen-bond donors (Lipinski definition) is 2. The Balaban J connectivity index is 2.19. The lowest BCUT2D eigenvalue weighted by molar-refractivity contribution is 0.460. The van der Waals surface area contributed by atoms with Gasteiger partial charge in [-0.2, -0.15) is 0 Å². The van der Waals surface area contributed by atoms with Gasteiger partial charge < -0.3 is 0 Å². The van der Waals surface area contributed by atoms with Gasteiger partial charge in [-0.25, -0.2) is 4.98 Å². The number of rotatable bonds is 9. The summed E-state index contributed by atoms with van der Waals surface area (Å²) in [7, 11) is 0. The highest BCUT2D eigenvalue weighted by molar-refractivity contribution is 7.09. The average Bonchev–Trinajstić information content (AvgIpc) is 2.73. The van der Waals surface area contributed by atoms with Crippen molar-refractivity contribution in [1.29, 1.82) is 0 Å². The van der Waals surface area contributed by atoms with Gasteiger partial charge in [-0.05, 0) is 13.3 Å². The highest BCUT2D eigenvalue weighted by Gasteiger charge is 2.09. The standard InChI is InChI=1S/C13H25N3S/c1-3-4-5-6-7-8-12(16-14)9-13-15-11(2)10-17-13/h10,12,16H,3-9,14H2,1-2H3. The van der Waals surface area contributed by atoms with Crippen LogP contribution < -0.4 is 11.3 Å². The number of hydrazine groups is 1. The highest BCUT2D eigenvalue weighted by Crippen LogP contribution is 2.14. The lowest BCUT2D eigenvalue weighted by Gasteiger charge is -2.14. The van der Waals surface area contributed by atoms with Crippen LogP contribution in [0.25, 0.3) is 0 Å². The summed E-state index contributed by atoms with van der Waals surface area (Å²) in [6.45, 7) is 4.28. The van der Waals surface area contributed by atoms with Crippen molar-refractivity contribution < 1.29 is 0 Å². The van der Waals surface area contributed by atoms with E-state index in [1.165, 1.54) is 37.1 Å². The minimum Gasteiger partial charge on any atom is -0.271 e. The van der Waals surface area contributed by atoms with Crippen molar-refractivity contribution in [3.8, 4) is 0 Å². The Bertz CT molecular complexity index is 299. The topological polar surface area (TPSA) is 50.9 Å². The molecule has 0 aliphatic rings. The molecule has 0 fully saturated rings. The molecule has 0 bridgehead atoms. The molecule has 17 heavy (non-hydrogen) atoms. The Morgan fingerprint density at radius 3 is 2.71 bits per heavy atom. The number of hydrogen-bond acceptors (Lipinski definition) is 4. The fourth-order valence-corrected chi connectivity index (χ4v) is 2.80. The van der Waals surface area contributed by atoms with Crippen molar-refractivity contribution in [3.63, 3.8) is 0 Å². The molecule has 1 aromatic rings. The minimum atomic E-state index is 0.377. The van der Waals surface area contributed by atoms with Gasteiger partial charge in [0.25, 0.3) is 0 Å². The lowest BCUT2D eigenvalue weighted by atomic mass is 10.0. The van der Waals surface area contributed by atoms with Crippen LogP contribution in [0.2, 0.25) is 0 Å². The molecule has 1 rings (SSSR count). The minimum absolute atomic E-state index is 0.377. The van der Waals surface area contributed by atoms with Crippen LogP contribution in [0.15, 0.2) is 5.38 Å². The molecule has 0 amide bonds. The van der Waals surface area contributed by atoms with Crippen LogP contribution >= 0.6 is 11.3 Å². The molecule has 3 N–H and O–H groups in total. The smallest absolute Gasteiger partial charge is 0.0944 e. The molecule has 1 aromatic heterocycles. The van der Waals surface area contributed by atoms with Gasteiger partial charge in [0, 0.05) is 23.5 Å². The van der Waals surface area contributed by atoms with E-state index in [4.69, 9.17) is 5.84 Å². The number of thiazole rings is 1. The van der Waals surface area contributed by atoms with Crippen molar-refractivity contribution in [3.05, 3.63) is 16.1 Å². The molecule has 0 spiro atoms. The number of aryl methyl sites for hydroxylation is 1. The largest absolute Gasteiger partial charge is 0.271 e. The maximum Gasteiger partial charge on any atom is 0.0944 e. The van der Waals surface area contributed by atoms with E-state index in [0.29, 0.717) is 6.04 Å². The fraction of sp³-hybridized carbons (Fsp3) is 0.769. The first-order chi connectivity index (χ1) is 8.26. The third kappa shape index (κ3) is 6.15. The fourth-order valence-electron chi connectivity index (χ4n) is 1.95. The average molecular weight is 255 g/mol. The van der Waals surface area contributed by atoms with Gasteiger partial charge in [-0.15, -0.1) is 11.3 Å². The van der Waals surface area contributed by atoms with E-state index in [1.807, 2.05) is 6.92 Å². The number of nitrogens with zero attached hydrogens (tertiary/aromatic N) is 1. The van der Waals surface area contributed by atoms with Gasteiger partial charge in [0.05, 0.1) is 5.01 Å². The van der Waals surface area contributed by atoms with Crippen LogP contribution in [0.1, 0.15) is 56.2 Å². The summed E-state index contributed by atoms with van der Waals surface area (Å²) in [5.74, 6) is 5.60. The highest BCUT2D eigenvalue weighted by atomic mass is 32.1. The summed E-state index contributed by atoms with van der Waals surface area (Å²) in [6.07, 6.45) is 8.71. The summed E-state index contributed by atoms with van der Waals surface area (Å²) in [5, 5.41) is 3.29. The number of nitrogens with one attached hydrogen (secondary N) is 1. The van der Waals surface area contributed by atoms with E-state index >= 15 is 0 Å². The quantitative estimate of drug-likeness (QED) is 0.405. The normalized spacial score (nSPS) is 12.9. The zero-order valence-electron chi connectivity index (χ0n) is 11.0. The third-order valence-corrected chi connectivity index (χ3v) is 3.97. The lowest BCUT2D eigenvalue weighted by Crippen LogP contribution is -2.36. The summed E-state index contributed by atoms with van der Waals surface area (Å²) in [5.41, 5.74) is 4.03. The Labute approximate surface area is 109 Å². The van der Waals surface area contributed by atoms with Crippen molar-refractivity contribution in [2.45, 2.75) is 64.8 Å². The van der Waals surface area contributed by atoms with E-state index in [2.05, 4.69) is 22.7 Å². The molecule has 0 saturated heterocycles. The van der Waals surface area contributed by atoms with E-state index in [1.54, 1.807) is 11.3 Å². The monoisotopic (exact) mass is 255 g/mol. The van der Waals surface area contributed by atoms with Crippen LogP contribution in [-0.2, 0) is 6.42 Å². The second-order valence-electron chi connectivity index (χ2n) is 4.65. The maximum absolute atomic E-state index is 5.60. The summed E-state index contributed by atoms with van der Waals surface area (Å²) < 4.78 is 0. The predicted octanol–water partition coefficient (Wildman–Crippen LogP) is 3.19. The second kappa shape index (κ2) is 8.61. The van der Waals surface area contributed by atoms with Gasteiger partial charge in [-0.1, -0.05) is 39.0 Å². The summed E-state index contributed by atoms with van der Waals surface area (Å²) >= 11 is 1.73. The number of unbranched alkanes of at least 4 members (excludes halogenated alkanes) is 4. The first kappa shape index (κ1) is 14.6. The predicted molar refractivity (Wildman–Crippen MR) is 75.0 cm³/mol. The molecule has 4 heteroatoms. The number of aromatic nitrogens is 1. The van der Waals surface area contributed by atoms with Gasteiger partial charge in [0.1, 0.15) is 0 Å². The zero-order valence-corrected chi connectivity index (χ0v) is 11.9. The molecule has 1 heterocycles. The first-order valence-electron chi connectivity index (χ1n) is 6.63. The first-order valence-corrected chi connectivity index (χ1v) is 7.51. The maximum atomic E-state index is 5.60. The Morgan fingerprint density at radius 1 is 1.35 bits per heavy atom.